The molecule has 0 aromatic heterocycles. The number of hydrogen-bond donors (Lipinski definition) is 0. The number of carbonyl (C=O) groups excluding carboxylic acids is 2. The summed E-state index contributed by atoms with van der Waals surface area (Å²) in [6.45, 7) is 5.27. The molecule has 0 radical (unpaired) electrons. The van der Waals surface area contributed by atoms with Crippen molar-refractivity contribution in [2.24, 2.45) is 0 Å². The van der Waals surface area contributed by atoms with Gasteiger partial charge in [-0.05, 0) is 53.4 Å². The molecule has 34 heavy (non-hydrogen) atoms. The first-order valence-electron chi connectivity index (χ1n) is 10.1. The van der Waals surface area contributed by atoms with Gasteiger partial charge in [-0.1, -0.05) is 49.0 Å². The van der Waals surface area contributed by atoms with Crippen LogP contribution < -0.4 is 9.47 Å². The van der Waals surface area contributed by atoms with E-state index in [2.05, 4.69) is 11.3 Å². The number of carbonyl (C=O) groups is 2. The average molecular weight is 460 g/mol. The summed E-state index contributed by atoms with van der Waals surface area (Å²) in [5.74, 6) is -0.562. The third kappa shape index (κ3) is 6.67. The standard InChI is InChI=1S/C27H21FO6/c1-19(2)27(30)34-16-15-33-26-12-9-23(17-25(26)28)22-5-3-20(4-6-22)21-7-10-24(11-8-21)32-14-13-31-18-29/h3-18H,1H2,2H3/b14-13-,16-15-. The SMILES string of the molecule is C=C(C)C(=O)O/C=C\Oc1ccc(-c2ccc(-c3ccc(O/C=C\OC=O)cc3)cc2)cc1F. The Morgan fingerprint density at radius 1 is 0.794 bits per heavy atom. The Labute approximate surface area is 196 Å². The lowest BCUT2D eigenvalue weighted by molar-refractivity contribution is -0.133. The lowest BCUT2D eigenvalue weighted by Crippen LogP contribution is -1.99. The first-order chi connectivity index (χ1) is 16.5. The van der Waals surface area contributed by atoms with Gasteiger partial charge in [0.25, 0.3) is 6.47 Å². The molecule has 0 heterocycles. The number of ether oxygens (including phenoxy) is 4. The highest BCUT2D eigenvalue weighted by Gasteiger charge is 2.07. The summed E-state index contributed by atoms with van der Waals surface area (Å²) in [6, 6.07) is 19.6. The van der Waals surface area contributed by atoms with E-state index in [0.717, 1.165) is 35.5 Å². The van der Waals surface area contributed by atoms with Crippen molar-refractivity contribution in [2.45, 2.75) is 6.92 Å². The van der Waals surface area contributed by atoms with Gasteiger partial charge in [0.2, 0.25) is 0 Å². The van der Waals surface area contributed by atoms with Crippen LogP contribution in [0, 0.1) is 5.82 Å². The predicted molar refractivity (Wildman–Crippen MR) is 125 cm³/mol. The molecule has 7 heteroatoms. The zero-order valence-electron chi connectivity index (χ0n) is 18.3. The maximum absolute atomic E-state index is 14.4. The highest BCUT2D eigenvalue weighted by atomic mass is 19.1. The molecule has 0 N–H and O–H groups in total. The molecular formula is C27H21FO6. The van der Waals surface area contributed by atoms with Crippen LogP contribution in [-0.2, 0) is 19.1 Å². The van der Waals surface area contributed by atoms with Gasteiger partial charge in [0.15, 0.2) is 11.6 Å². The molecule has 0 saturated carbocycles. The lowest BCUT2D eigenvalue weighted by atomic mass is 10.00. The smallest absolute Gasteiger partial charge is 0.338 e. The third-order valence-electron chi connectivity index (χ3n) is 4.51. The Bertz CT molecular complexity index is 1210. The van der Waals surface area contributed by atoms with Crippen LogP contribution in [0.15, 0.2) is 104 Å². The minimum Gasteiger partial charge on any atom is -0.462 e. The minimum atomic E-state index is -0.596. The van der Waals surface area contributed by atoms with Crippen LogP contribution >= 0.6 is 0 Å². The lowest BCUT2D eigenvalue weighted by Gasteiger charge is -2.08. The van der Waals surface area contributed by atoms with Crippen molar-refractivity contribution in [3.05, 3.63) is 110 Å². The van der Waals surface area contributed by atoms with E-state index in [1.54, 1.807) is 18.2 Å². The van der Waals surface area contributed by atoms with E-state index in [9.17, 15) is 14.0 Å². The van der Waals surface area contributed by atoms with Crippen LogP contribution in [0.4, 0.5) is 4.39 Å². The number of halogens is 1. The average Bonchev–Trinajstić information content (AvgIpc) is 2.85. The van der Waals surface area contributed by atoms with Crippen LogP contribution in [0.25, 0.3) is 22.3 Å². The maximum atomic E-state index is 14.4. The van der Waals surface area contributed by atoms with Crippen molar-refractivity contribution in [3.63, 3.8) is 0 Å². The third-order valence-corrected chi connectivity index (χ3v) is 4.51. The van der Waals surface area contributed by atoms with Gasteiger partial charge in [0.05, 0.1) is 0 Å². The Morgan fingerprint density at radius 2 is 1.35 bits per heavy atom. The minimum absolute atomic E-state index is 0.00197. The van der Waals surface area contributed by atoms with Gasteiger partial charge in [-0.3, -0.25) is 4.79 Å². The predicted octanol–water partition coefficient (Wildman–Crippen LogP) is 6.15. The van der Waals surface area contributed by atoms with E-state index in [4.69, 9.17) is 14.2 Å². The highest BCUT2D eigenvalue weighted by molar-refractivity contribution is 5.87. The monoisotopic (exact) mass is 460 g/mol. The molecule has 3 rings (SSSR count). The summed E-state index contributed by atoms with van der Waals surface area (Å²) in [4.78, 5) is 21.4. The van der Waals surface area contributed by atoms with Crippen LogP contribution in [-0.4, -0.2) is 12.4 Å². The second-order valence-corrected chi connectivity index (χ2v) is 6.94. The van der Waals surface area contributed by atoms with Crippen LogP contribution in [0.2, 0.25) is 0 Å². The molecule has 0 amide bonds. The Hall–Kier alpha value is -4.65. The van der Waals surface area contributed by atoms with Gasteiger partial charge < -0.3 is 18.9 Å². The molecule has 0 aliphatic rings. The van der Waals surface area contributed by atoms with E-state index in [-0.39, 0.29) is 11.3 Å². The largest absolute Gasteiger partial charge is 0.462 e. The number of benzene rings is 3. The Morgan fingerprint density at radius 3 is 1.94 bits per heavy atom. The fourth-order valence-corrected chi connectivity index (χ4v) is 2.82. The van der Waals surface area contributed by atoms with Crippen molar-refractivity contribution in [1.29, 1.82) is 0 Å². The molecular weight excluding hydrogens is 439 g/mol. The topological polar surface area (TPSA) is 71.1 Å². The fraction of sp³-hybridized carbons (Fsp3) is 0.0370. The quantitative estimate of drug-likeness (QED) is 0.156. The van der Waals surface area contributed by atoms with Crippen molar-refractivity contribution in [3.8, 4) is 33.8 Å². The van der Waals surface area contributed by atoms with Gasteiger partial charge in [-0.15, -0.1) is 0 Å². The van der Waals surface area contributed by atoms with Crippen molar-refractivity contribution in [1.82, 2.24) is 0 Å². The molecule has 6 nitrogen and oxygen atoms in total. The summed E-state index contributed by atoms with van der Waals surface area (Å²) in [5, 5.41) is 0. The number of esters is 1. The van der Waals surface area contributed by atoms with Crippen LogP contribution in [0.5, 0.6) is 11.5 Å². The molecule has 3 aromatic rings. The van der Waals surface area contributed by atoms with Crippen molar-refractivity contribution in [2.75, 3.05) is 0 Å². The molecule has 0 fully saturated rings. The van der Waals surface area contributed by atoms with E-state index >= 15 is 0 Å². The first-order valence-corrected chi connectivity index (χ1v) is 10.1. The second-order valence-electron chi connectivity index (χ2n) is 6.94. The molecule has 3 aromatic carbocycles. The molecule has 0 unspecified atom stereocenters. The molecule has 0 aliphatic heterocycles. The molecule has 0 saturated heterocycles. The summed E-state index contributed by atoms with van der Waals surface area (Å²) in [7, 11) is 0. The van der Waals surface area contributed by atoms with E-state index < -0.39 is 11.8 Å². The summed E-state index contributed by atoms with van der Waals surface area (Å²) in [5.41, 5.74) is 3.71. The summed E-state index contributed by atoms with van der Waals surface area (Å²) in [6.07, 6.45) is 4.52. The zero-order chi connectivity index (χ0) is 24.3. The van der Waals surface area contributed by atoms with Crippen molar-refractivity contribution >= 4 is 12.4 Å². The number of hydrogen-bond acceptors (Lipinski definition) is 6. The molecule has 0 spiro atoms. The molecule has 0 bridgehead atoms. The van der Waals surface area contributed by atoms with E-state index in [0.29, 0.717) is 17.8 Å². The highest BCUT2D eigenvalue weighted by Crippen LogP contribution is 2.29. The van der Waals surface area contributed by atoms with E-state index in [1.807, 2.05) is 36.4 Å². The maximum Gasteiger partial charge on any atom is 0.338 e. The molecule has 172 valence electrons. The fourth-order valence-electron chi connectivity index (χ4n) is 2.82. The van der Waals surface area contributed by atoms with E-state index in [1.165, 1.54) is 25.3 Å². The zero-order valence-corrected chi connectivity index (χ0v) is 18.3. The molecule has 0 aliphatic carbocycles. The van der Waals surface area contributed by atoms with Gasteiger partial charge in [-0.25, -0.2) is 9.18 Å². The normalized spacial score (nSPS) is 10.8. The number of rotatable bonds is 10. The van der Waals surface area contributed by atoms with Crippen molar-refractivity contribution < 1.29 is 32.9 Å². The van der Waals surface area contributed by atoms with Gasteiger partial charge >= 0.3 is 5.97 Å². The summed E-state index contributed by atoms with van der Waals surface area (Å²) >= 11 is 0. The second kappa shape index (κ2) is 11.8. The first kappa shape index (κ1) is 24.0. The van der Waals surface area contributed by atoms with Gasteiger partial charge in [0, 0.05) is 5.57 Å². The van der Waals surface area contributed by atoms with Crippen LogP contribution in [0.1, 0.15) is 6.92 Å². The molecule has 0 atom stereocenters. The Balaban J connectivity index is 1.63. The summed E-state index contributed by atoms with van der Waals surface area (Å²) < 4.78 is 34.1. The van der Waals surface area contributed by atoms with Gasteiger partial charge in [0.1, 0.15) is 30.8 Å². The Kier molecular flexibility index (Phi) is 8.35. The van der Waals surface area contributed by atoms with Crippen LogP contribution in [0.3, 0.4) is 0 Å². The van der Waals surface area contributed by atoms with Gasteiger partial charge in [-0.2, -0.15) is 0 Å².